The van der Waals surface area contributed by atoms with Crippen LogP contribution in [0.3, 0.4) is 0 Å². The highest BCUT2D eigenvalue weighted by atomic mass is 16.2. The fourth-order valence-corrected chi connectivity index (χ4v) is 1.56. The Hall–Kier alpha value is -0.870. The molecule has 4 nitrogen and oxygen atoms in total. The lowest BCUT2D eigenvalue weighted by molar-refractivity contribution is 0.236. The number of hydrogen-bond donors (Lipinski definition) is 3. The number of rotatable bonds is 7. The summed E-state index contributed by atoms with van der Waals surface area (Å²) in [5.74, 6) is 0.966. The van der Waals surface area contributed by atoms with E-state index in [4.69, 9.17) is 5.11 Å². The lowest BCUT2D eigenvalue weighted by Gasteiger charge is -2.24. The van der Waals surface area contributed by atoms with E-state index in [2.05, 4.69) is 29.1 Å². The maximum atomic E-state index is 8.77. The SMILES string of the molecule is CC(C)(CCCO)CNCc1ncc[nH]1. The van der Waals surface area contributed by atoms with Crippen LogP contribution in [0.2, 0.25) is 0 Å². The van der Waals surface area contributed by atoms with Crippen LogP contribution in [0.15, 0.2) is 12.4 Å². The summed E-state index contributed by atoms with van der Waals surface area (Å²) < 4.78 is 0. The number of hydrogen-bond acceptors (Lipinski definition) is 3. The first-order valence-electron chi connectivity index (χ1n) is 5.44. The molecule has 3 N–H and O–H groups in total. The highest BCUT2D eigenvalue weighted by Crippen LogP contribution is 2.20. The summed E-state index contributed by atoms with van der Waals surface area (Å²) in [6, 6.07) is 0. The average molecular weight is 211 g/mol. The minimum Gasteiger partial charge on any atom is -0.396 e. The Morgan fingerprint density at radius 2 is 2.33 bits per heavy atom. The number of aliphatic hydroxyl groups excluding tert-OH is 1. The van der Waals surface area contributed by atoms with Crippen molar-refractivity contribution < 1.29 is 5.11 Å². The minimum atomic E-state index is 0.231. The summed E-state index contributed by atoms with van der Waals surface area (Å²) in [5.41, 5.74) is 0.231. The van der Waals surface area contributed by atoms with Gasteiger partial charge >= 0.3 is 0 Å². The van der Waals surface area contributed by atoms with Crippen LogP contribution in [0.1, 0.15) is 32.5 Å². The molecule has 0 saturated heterocycles. The molecule has 4 heteroatoms. The van der Waals surface area contributed by atoms with Crippen LogP contribution in [0.4, 0.5) is 0 Å². The van der Waals surface area contributed by atoms with Gasteiger partial charge in [-0.05, 0) is 18.3 Å². The van der Waals surface area contributed by atoms with Crippen LogP contribution < -0.4 is 5.32 Å². The van der Waals surface area contributed by atoms with Crippen LogP contribution in [0.5, 0.6) is 0 Å². The molecular formula is C11H21N3O. The van der Waals surface area contributed by atoms with E-state index in [1.807, 2.05) is 6.20 Å². The van der Waals surface area contributed by atoms with Gasteiger partial charge < -0.3 is 15.4 Å². The van der Waals surface area contributed by atoms with E-state index < -0.39 is 0 Å². The van der Waals surface area contributed by atoms with Gasteiger partial charge in [0.1, 0.15) is 5.82 Å². The molecule has 1 aromatic heterocycles. The first kappa shape index (κ1) is 12.2. The molecule has 0 atom stereocenters. The van der Waals surface area contributed by atoms with Crippen LogP contribution in [0, 0.1) is 5.41 Å². The summed E-state index contributed by atoms with van der Waals surface area (Å²) in [7, 11) is 0. The number of aromatic nitrogens is 2. The Morgan fingerprint density at radius 3 is 2.93 bits per heavy atom. The standard InChI is InChI=1S/C11H21N3O/c1-11(2,4-3-7-15)9-12-8-10-13-5-6-14-10/h5-6,12,15H,3-4,7-9H2,1-2H3,(H,13,14). The first-order chi connectivity index (χ1) is 7.14. The molecule has 0 aliphatic rings. The Kier molecular flexibility index (Phi) is 4.78. The van der Waals surface area contributed by atoms with Gasteiger partial charge in [0.15, 0.2) is 0 Å². The van der Waals surface area contributed by atoms with E-state index in [1.54, 1.807) is 6.20 Å². The zero-order valence-electron chi connectivity index (χ0n) is 9.58. The van der Waals surface area contributed by atoms with Crippen LogP contribution >= 0.6 is 0 Å². The zero-order chi connectivity index (χ0) is 11.1. The molecule has 86 valence electrons. The number of aliphatic hydroxyl groups is 1. The molecule has 0 unspecified atom stereocenters. The van der Waals surface area contributed by atoms with Gasteiger partial charge in [-0.3, -0.25) is 0 Å². The maximum Gasteiger partial charge on any atom is 0.120 e. The van der Waals surface area contributed by atoms with Gasteiger partial charge in [0.2, 0.25) is 0 Å². The molecule has 0 aliphatic carbocycles. The summed E-state index contributed by atoms with van der Waals surface area (Å²) in [6.45, 7) is 6.40. The molecule has 0 saturated carbocycles. The number of nitrogens with one attached hydrogen (secondary N) is 2. The quantitative estimate of drug-likeness (QED) is 0.637. The molecule has 0 spiro atoms. The van der Waals surface area contributed by atoms with E-state index in [0.29, 0.717) is 0 Å². The molecule has 1 rings (SSSR count). The first-order valence-corrected chi connectivity index (χ1v) is 5.44. The van der Waals surface area contributed by atoms with Crippen molar-refractivity contribution in [2.24, 2.45) is 5.41 Å². The van der Waals surface area contributed by atoms with Crippen molar-refractivity contribution in [3.05, 3.63) is 18.2 Å². The van der Waals surface area contributed by atoms with Crippen molar-refractivity contribution in [1.82, 2.24) is 15.3 Å². The number of H-pyrrole nitrogens is 1. The van der Waals surface area contributed by atoms with Crippen molar-refractivity contribution in [2.75, 3.05) is 13.2 Å². The second-order valence-corrected chi connectivity index (χ2v) is 4.63. The van der Waals surface area contributed by atoms with E-state index in [9.17, 15) is 0 Å². The summed E-state index contributed by atoms with van der Waals surface area (Å²) >= 11 is 0. The van der Waals surface area contributed by atoms with Crippen molar-refractivity contribution in [1.29, 1.82) is 0 Å². The van der Waals surface area contributed by atoms with Crippen molar-refractivity contribution in [3.63, 3.8) is 0 Å². The third kappa shape index (κ3) is 4.95. The Bertz CT molecular complexity index is 257. The van der Waals surface area contributed by atoms with Crippen LogP contribution in [0.25, 0.3) is 0 Å². The second-order valence-electron chi connectivity index (χ2n) is 4.63. The molecule has 0 amide bonds. The molecule has 1 heterocycles. The van der Waals surface area contributed by atoms with Crippen molar-refractivity contribution in [2.45, 2.75) is 33.2 Å². The summed E-state index contributed by atoms with van der Waals surface area (Å²) in [5, 5.41) is 12.1. The van der Waals surface area contributed by atoms with Gasteiger partial charge in [0.25, 0.3) is 0 Å². The van der Waals surface area contributed by atoms with Crippen molar-refractivity contribution in [3.8, 4) is 0 Å². The normalized spacial score (nSPS) is 11.9. The molecule has 0 fully saturated rings. The number of aromatic amines is 1. The van der Waals surface area contributed by atoms with Crippen molar-refractivity contribution >= 4 is 0 Å². The van der Waals surface area contributed by atoms with Crippen LogP contribution in [-0.4, -0.2) is 28.2 Å². The summed E-state index contributed by atoms with van der Waals surface area (Å²) in [6.07, 6.45) is 5.49. The smallest absolute Gasteiger partial charge is 0.120 e. The van der Waals surface area contributed by atoms with E-state index in [0.717, 1.165) is 31.8 Å². The van der Waals surface area contributed by atoms with E-state index in [-0.39, 0.29) is 12.0 Å². The predicted molar refractivity (Wildman–Crippen MR) is 60.4 cm³/mol. The topological polar surface area (TPSA) is 60.9 Å². The molecule has 1 aromatic rings. The Balaban J connectivity index is 2.18. The van der Waals surface area contributed by atoms with Gasteiger partial charge in [-0.2, -0.15) is 0 Å². The largest absolute Gasteiger partial charge is 0.396 e. The lowest BCUT2D eigenvalue weighted by Crippen LogP contribution is -2.29. The van der Waals surface area contributed by atoms with Gasteiger partial charge in [0, 0.05) is 25.5 Å². The highest BCUT2D eigenvalue weighted by Gasteiger charge is 2.16. The number of nitrogens with zero attached hydrogens (tertiary/aromatic N) is 1. The lowest BCUT2D eigenvalue weighted by atomic mass is 9.88. The highest BCUT2D eigenvalue weighted by molar-refractivity contribution is 4.86. The summed E-state index contributed by atoms with van der Waals surface area (Å²) in [4.78, 5) is 7.19. The molecule has 0 aliphatic heterocycles. The fourth-order valence-electron chi connectivity index (χ4n) is 1.56. The fraction of sp³-hybridized carbons (Fsp3) is 0.727. The molecule has 0 bridgehead atoms. The number of imidazole rings is 1. The molecule has 0 aromatic carbocycles. The molecular weight excluding hydrogens is 190 g/mol. The minimum absolute atomic E-state index is 0.231. The molecule has 15 heavy (non-hydrogen) atoms. The second kappa shape index (κ2) is 5.88. The van der Waals surface area contributed by atoms with Gasteiger partial charge in [0.05, 0.1) is 6.54 Å². The van der Waals surface area contributed by atoms with Gasteiger partial charge in [-0.25, -0.2) is 4.98 Å². The average Bonchev–Trinajstić information content (AvgIpc) is 2.67. The van der Waals surface area contributed by atoms with Crippen LogP contribution in [-0.2, 0) is 6.54 Å². The monoisotopic (exact) mass is 211 g/mol. The molecule has 0 radical (unpaired) electrons. The predicted octanol–water partition coefficient (Wildman–Crippen LogP) is 1.30. The van der Waals surface area contributed by atoms with E-state index in [1.165, 1.54) is 0 Å². The van der Waals surface area contributed by atoms with Gasteiger partial charge in [-0.1, -0.05) is 13.8 Å². The third-order valence-corrected chi connectivity index (χ3v) is 2.46. The Labute approximate surface area is 91.1 Å². The maximum absolute atomic E-state index is 8.77. The van der Waals surface area contributed by atoms with Gasteiger partial charge in [-0.15, -0.1) is 0 Å². The Morgan fingerprint density at radius 1 is 1.53 bits per heavy atom. The third-order valence-electron chi connectivity index (χ3n) is 2.46. The zero-order valence-corrected chi connectivity index (χ0v) is 9.58. The van der Waals surface area contributed by atoms with E-state index >= 15 is 0 Å².